The van der Waals surface area contributed by atoms with Gasteiger partial charge in [-0.05, 0) is 31.1 Å². The van der Waals surface area contributed by atoms with E-state index in [0.717, 1.165) is 30.4 Å². The summed E-state index contributed by atoms with van der Waals surface area (Å²) in [6.45, 7) is 4.61. The van der Waals surface area contributed by atoms with E-state index in [-0.39, 0.29) is 10.9 Å². The Kier molecular flexibility index (Phi) is 4.03. The molecular weight excluding hydrogens is 234 g/mol. The zero-order valence-corrected chi connectivity index (χ0v) is 11.6. The fraction of sp³-hybridized carbons (Fsp3) is 0.923. The second kappa shape index (κ2) is 5.19. The van der Waals surface area contributed by atoms with Gasteiger partial charge in [-0.1, -0.05) is 26.7 Å². The molecule has 4 heteroatoms. The molecule has 0 bridgehead atoms. The van der Waals surface area contributed by atoms with Gasteiger partial charge in [0.2, 0.25) is 0 Å². The zero-order valence-electron chi connectivity index (χ0n) is 10.7. The van der Waals surface area contributed by atoms with Gasteiger partial charge < -0.3 is 5.11 Å². The van der Waals surface area contributed by atoms with E-state index in [2.05, 4.69) is 19.2 Å². The first-order valence-corrected chi connectivity index (χ1v) is 7.65. The molecular formula is C13H23NO2S. The fourth-order valence-electron chi connectivity index (χ4n) is 3.07. The van der Waals surface area contributed by atoms with Crippen molar-refractivity contribution >= 4 is 17.7 Å². The van der Waals surface area contributed by atoms with Crippen molar-refractivity contribution in [1.29, 1.82) is 0 Å². The average molecular weight is 257 g/mol. The highest BCUT2D eigenvalue weighted by Crippen LogP contribution is 2.43. The smallest absolute Gasteiger partial charge is 0.321 e. The number of carboxylic acid groups (broad SMARTS) is 1. The number of nitrogens with one attached hydrogen (secondary N) is 1. The van der Waals surface area contributed by atoms with E-state index in [4.69, 9.17) is 5.11 Å². The Morgan fingerprint density at radius 1 is 1.41 bits per heavy atom. The lowest BCUT2D eigenvalue weighted by molar-refractivity contribution is -0.138. The van der Waals surface area contributed by atoms with Crippen LogP contribution in [0.25, 0.3) is 0 Å². The highest BCUT2D eigenvalue weighted by molar-refractivity contribution is 8.00. The second-order valence-electron chi connectivity index (χ2n) is 5.78. The Balaban J connectivity index is 1.97. The van der Waals surface area contributed by atoms with Crippen molar-refractivity contribution < 1.29 is 9.90 Å². The summed E-state index contributed by atoms with van der Waals surface area (Å²) in [5.74, 6) is 1.60. The van der Waals surface area contributed by atoms with Crippen LogP contribution in [0.2, 0.25) is 0 Å². The van der Waals surface area contributed by atoms with Crippen LogP contribution in [0.1, 0.15) is 46.0 Å². The van der Waals surface area contributed by atoms with Gasteiger partial charge in [-0.3, -0.25) is 10.1 Å². The minimum absolute atomic E-state index is 0.0622. The number of aliphatic carboxylic acids is 1. The van der Waals surface area contributed by atoms with E-state index >= 15 is 0 Å². The topological polar surface area (TPSA) is 49.3 Å². The van der Waals surface area contributed by atoms with Crippen molar-refractivity contribution in [2.24, 2.45) is 11.8 Å². The Bertz CT molecular complexity index is 295. The molecule has 1 saturated carbocycles. The van der Waals surface area contributed by atoms with E-state index in [1.807, 2.05) is 11.8 Å². The number of hydrogen-bond acceptors (Lipinski definition) is 3. The Hall–Kier alpha value is -0.220. The van der Waals surface area contributed by atoms with Gasteiger partial charge >= 0.3 is 5.97 Å². The molecule has 3 nitrogen and oxygen atoms in total. The van der Waals surface area contributed by atoms with Crippen LogP contribution in [0.3, 0.4) is 0 Å². The summed E-state index contributed by atoms with van der Waals surface area (Å²) in [5.41, 5.74) is 0. The number of thioether (sulfide) groups is 1. The predicted molar refractivity (Wildman–Crippen MR) is 71.2 cm³/mol. The van der Waals surface area contributed by atoms with E-state index < -0.39 is 5.97 Å². The fourth-order valence-corrected chi connectivity index (χ4v) is 4.56. The van der Waals surface area contributed by atoms with Gasteiger partial charge in [-0.15, -0.1) is 11.8 Å². The maximum absolute atomic E-state index is 11.0. The molecule has 1 aliphatic carbocycles. The van der Waals surface area contributed by atoms with Crippen LogP contribution in [0.4, 0.5) is 0 Å². The van der Waals surface area contributed by atoms with Crippen LogP contribution < -0.4 is 5.32 Å². The van der Waals surface area contributed by atoms with Crippen LogP contribution >= 0.6 is 11.8 Å². The van der Waals surface area contributed by atoms with Crippen molar-refractivity contribution in [3.63, 3.8) is 0 Å². The van der Waals surface area contributed by atoms with Crippen LogP contribution in [-0.4, -0.2) is 27.7 Å². The molecule has 0 aromatic heterocycles. The first-order valence-electron chi connectivity index (χ1n) is 6.67. The zero-order chi connectivity index (χ0) is 12.5. The Labute approximate surface area is 108 Å². The molecule has 2 unspecified atom stereocenters. The molecule has 17 heavy (non-hydrogen) atoms. The first kappa shape index (κ1) is 13.2. The molecule has 0 radical (unpaired) electrons. The number of carbonyl (C=O) groups is 1. The summed E-state index contributed by atoms with van der Waals surface area (Å²) < 4.78 is 0. The number of carboxylic acids is 1. The van der Waals surface area contributed by atoms with Gasteiger partial charge in [0.05, 0.1) is 4.87 Å². The summed E-state index contributed by atoms with van der Waals surface area (Å²) in [7, 11) is 0. The minimum Gasteiger partial charge on any atom is -0.480 e. The van der Waals surface area contributed by atoms with Crippen molar-refractivity contribution in [1.82, 2.24) is 5.32 Å². The summed E-state index contributed by atoms with van der Waals surface area (Å²) in [4.78, 5) is 11.1. The van der Waals surface area contributed by atoms with Gasteiger partial charge in [0.1, 0.15) is 6.04 Å². The van der Waals surface area contributed by atoms with Gasteiger partial charge in [0.15, 0.2) is 0 Å². The molecule has 0 aromatic carbocycles. The highest BCUT2D eigenvalue weighted by atomic mass is 32.2. The lowest BCUT2D eigenvalue weighted by Gasteiger charge is -2.28. The average Bonchev–Trinajstić information content (AvgIpc) is 2.55. The van der Waals surface area contributed by atoms with Gasteiger partial charge in [0, 0.05) is 5.75 Å². The van der Waals surface area contributed by atoms with E-state index in [1.165, 1.54) is 19.3 Å². The molecule has 0 amide bonds. The van der Waals surface area contributed by atoms with Crippen molar-refractivity contribution in [3.8, 4) is 0 Å². The lowest BCUT2D eigenvalue weighted by Crippen LogP contribution is -2.44. The van der Waals surface area contributed by atoms with Crippen LogP contribution in [0.15, 0.2) is 0 Å². The van der Waals surface area contributed by atoms with Gasteiger partial charge in [0.25, 0.3) is 0 Å². The molecule has 98 valence electrons. The third-order valence-electron chi connectivity index (χ3n) is 4.28. The SMILES string of the molecule is CC(C)C1CCCC2(CC1)N[C@@H](C(=O)O)CS2. The minimum atomic E-state index is -0.695. The number of rotatable bonds is 2. The van der Waals surface area contributed by atoms with E-state index in [1.54, 1.807) is 0 Å². The van der Waals surface area contributed by atoms with Crippen LogP contribution in [-0.2, 0) is 4.79 Å². The van der Waals surface area contributed by atoms with Crippen molar-refractivity contribution in [2.45, 2.75) is 56.9 Å². The van der Waals surface area contributed by atoms with Crippen LogP contribution in [0, 0.1) is 11.8 Å². The predicted octanol–water partition coefficient (Wildman–Crippen LogP) is 2.71. The summed E-state index contributed by atoms with van der Waals surface area (Å²) in [6.07, 6.45) is 6.04. The normalized spacial score (nSPS) is 38.5. The maximum Gasteiger partial charge on any atom is 0.321 e. The molecule has 1 aliphatic heterocycles. The second-order valence-corrected chi connectivity index (χ2v) is 7.18. The highest BCUT2D eigenvalue weighted by Gasteiger charge is 2.42. The van der Waals surface area contributed by atoms with E-state index in [0.29, 0.717) is 0 Å². The largest absolute Gasteiger partial charge is 0.480 e. The molecule has 2 N–H and O–H groups in total. The quantitative estimate of drug-likeness (QED) is 0.798. The molecule has 1 heterocycles. The summed E-state index contributed by atoms with van der Waals surface area (Å²) in [6, 6.07) is -0.337. The van der Waals surface area contributed by atoms with Crippen molar-refractivity contribution in [2.75, 3.05) is 5.75 Å². The molecule has 0 aromatic rings. The van der Waals surface area contributed by atoms with Gasteiger partial charge in [-0.2, -0.15) is 0 Å². The first-order chi connectivity index (χ1) is 8.02. The summed E-state index contributed by atoms with van der Waals surface area (Å²) in [5, 5.41) is 12.4. The summed E-state index contributed by atoms with van der Waals surface area (Å²) >= 11 is 1.84. The monoisotopic (exact) mass is 257 g/mol. The molecule has 2 aliphatic rings. The molecule has 2 rings (SSSR count). The maximum atomic E-state index is 11.0. The Morgan fingerprint density at radius 3 is 2.76 bits per heavy atom. The third-order valence-corrected chi connectivity index (χ3v) is 5.86. The third kappa shape index (κ3) is 2.97. The van der Waals surface area contributed by atoms with Crippen molar-refractivity contribution in [3.05, 3.63) is 0 Å². The Morgan fingerprint density at radius 2 is 2.18 bits per heavy atom. The van der Waals surface area contributed by atoms with Gasteiger partial charge in [-0.25, -0.2) is 0 Å². The number of hydrogen-bond donors (Lipinski definition) is 2. The lowest BCUT2D eigenvalue weighted by atomic mass is 9.89. The van der Waals surface area contributed by atoms with Crippen LogP contribution in [0.5, 0.6) is 0 Å². The molecule has 3 atom stereocenters. The standard InChI is InChI=1S/C13H23NO2S/c1-9(2)10-4-3-6-13(7-5-10)14-11(8-17-13)12(15)16/h9-11,14H,3-8H2,1-2H3,(H,15,16)/t10?,11-,13?/m1/s1. The molecule has 2 fully saturated rings. The molecule has 1 saturated heterocycles. The van der Waals surface area contributed by atoms with E-state index in [9.17, 15) is 4.79 Å². The molecule has 1 spiro atoms.